The number of likely N-dealkylation sites (tertiary alicyclic amines) is 1. The van der Waals surface area contributed by atoms with Gasteiger partial charge in [0.2, 0.25) is 5.91 Å². The van der Waals surface area contributed by atoms with Crippen molar-refractivity contribution < 1.29 is 4.79 Å². The fourth-order valence-electron chi connectivity index (χ4n) is 4.34. The van der Waals surface area contributed by atoms with Crippen LogP contribution >= 0.6 is 0 Å². The van der Waals surface area contributed by atoms with E-state index >= 15 is 0 Å². The van der Waals surface area contributed by atoms with Gasteiger partial charge in [-0.2, -0.15) is 15.2 Å². The van der Waals surface area contributed by atoms with Gasteiger partial charge in [-0.15, -0.1) is 0 Å². The van der Waals surface area contributed by atoms with Gasteiger partial charge in [0.25, 0.3) is 11.3 Å². The molecule has 1 fully saturated rings. The smallest absolute Gasteiger partial charge is 0.272 e. The van der Waals surface area contributed by atoms with Crippen LogP contribution in [0.2, 0.25) is 0 Å². The van der Waals surface area contributed by atoms with E-state index in [1.165, 1.54) is 6.33 Å². The van der Waals surface area contributed by atoms with Gasteiger partial charge in [-0.1, -0.05) is 18.2 Å². The molecule has 0 aliphatic carbocycles. The van der Waals surface area contributed by atoms with E-state index in [0.717, 1.165) is 18.5 Å². The highest BCUT2D eigenvalue weighted by Gasteiger charge is 2.31. The summed E-state index contributed by atoms with van der Waals surface area (Å²) in [7, 11) is 0. The Morgan fingerprint density at radius 2 is 2.03 bits per heavy atom. The second-order valence-corrected chi connectivity index (χ2v) is 7.67. The Hall–Kier alpha value is -3.62. The number of carbonyl (C=O) groups excluding carboxylic acids is 1. The van der Waals surface area contributed by atoms with Crippen LogP contribution in [0.15, 0.2) is 47.7 Å². The van der Waals surface area contributed by atoms with Crippen molar-refractivity contribution in [3.63, 3.8) is 0 Å². The zero-order chi connectivity index (χ0) is 20.7. The lowest BCUT2D eigenvalue weighted by atomic mass is 9.92. The second kappa shape index (κ2) is 7.33. The lowest BCUT2D eigenvalue weighted by molar-refractivity contribution is -0.133. The van der Waals surface area contributed by atoms with E-state index in [4.69, 9.17) is 0 Å². The third kappa shape index (κ3) is 3.02. The molecule has 0 unspecified atom stereocenters. The number of piperidine rings is 1. The minimum atomic E-state index is -0.464. The number of hydrogen-bond acceptors (Lipinski definition) is 6. The van der Waals surface area contributed by atoms with Gasteiger partial charge in [0.15, 0.2) is 0 Å². The molecule has 1 saturated heterocycles. The van der Waals surface area contributed by atoms with Gasteiger partial charge in [0.05, 0.1) is 22.7 Å². The van der Waals surface area contributed by atoms with E-state index in [2.05, 4.69) is 25.3 Å². The van der Waals surface area contributed by atoms with Crippen molar-refractivity contribution in [2.75, 3.05) is 13.1 Å². The summed E-state index contributed by atoms with van der Waals surface area (Å²) in [5.41, 5.74) is 1.36. The molecule has 9 heteroatoms. The zero-order valence-corrected chi connectivity index (χ0v) is 16.5. The Morgan fingerprint density at radius 3 is 2.90 bits per heavy atom. The highest BCUT2D eigenvalue weighted by atomic mass is 16.2. The maximum atomic E-state index is 13.4. The molecule has 1 amide bonds. The maximum absolute atomic E-state index is 13.4. The minimum absolute atomic E-state index is 0.00768. The molecule has 0 saturated carbocycles. The van der Waals surface area contributed by atoms with E-state index in [1.807, 2.05) is 36.1 Å². The van der Waals surface area contributed by atoms with Crippen LogP contribution in [0.4, 0.5) is 0 Å². The van der Waals surface area contributed by atoms with E-state index in [9.17, 15) is 9.59 Å². The van der Waals surface area contributed by atoms with Crippen LogP contribution < -0.4 is 5.56 Å². The first-order valence-corrected chi connectivity index (χ1v) is 10.0. The second-order valence-electron chi connectivity index (χ2n) is 7.67. The van der Waals surface area contributed by atoms with Crippen molar-refractivity contribution in [1.82, 2.24) is 34.7 Å². The average molecular weight is 403 g/mol. The third-order valence-electron chi connectivity index (χ3n) is 5.87. The highest BCUT2D eigenvalue weighted by molar-refractivity contribution is 5.91. The third-order valence-corrected chi connectivity index (χ3v) is 5.87. The summed E-state index contributed by atoms with van der Waals surface area (Å²) in [4.78, 5) is 35.7. The summed E-state index contributed by atoms with van der Waals surface area (Å²) < 4.78 is 1.75. The van der Waals surface area contributed by atoms with Crippen molar-refractivity contribution in [3.8, 4) is 0 Å². The van der Waals surface area contributed by atoms with Gasteiger partial charge in [0.1, 0.15) is 6.33 Å². The molecule has 4 heterocycles. The number of aromatic nitrogens is 6. The monoisotopic (exact) mass is 403 g/mol. The lowest BCUT2D eigenvalue weighted by Gasteiger charge is -2.34. The number of nitrogens with zero attached hydrogens (tertiary/aromatic N) is 6. The topological polar surface area (TPSA) is 109 Å². The molecule has 1 N–H and O–H groups in total. The van der Waals surface area contributed by atoms with Crippen molar-refractivity contribution in [3.05, 3.63) is 64.6 Å². The van der Waals surface area contributed by atoms with Gasteiger partial charge >= 0.3 is 0 Å². The number of aromatic amines is 1. The molecule has 9 nitrogen and oxygen atoms in total. The molecule has 1 aliphatic heterocycles. The van der Waals surface area contributed by atoms with Crippen LogP contribution in [0, 0.1) is 0 Å². The van der Waals surface area contributed by atoms with Gasteiger partial charge in [-0.05, 0) is 31.9 Å². The summed E-state index contributed by atoms with van der Waals surface area (Å²) in [6, 6.07) is 9.20. The lowest BCUT2D eigenvalue weighted by Crippen LogP contribution is -2.41. The van der Waals surface area contributed by atoms with Gasteiger partial charge in [-0.25, -0.2) is 14.6 Å². The Kier molecular flexibility index (Phi) is 4.50. The molecule has 1 aliphatic rings. The highest BCUT2D eigenvalue weighted by Crippen LogP contribution is 2.29. The molecule has 4 aromatic rings. The Morgan fingerprint density at radius 1 is 1.20 bits per heavy atom. The first-order valence-electron chi connectivity index (χ1n) is 10.0. The summed E-state index contributed by atoms with van der Waals surface area (Å²) in [5, 5.41) is 12.3. The number of benzene rings is 1. The zero-order valence-electron chi connectivity index (χ0n) is 16.5. The fourth-order valence-corrected chi connectivity index (χ4v) is 4.34. The van der Waals surface area contributed by atoms with Gasteiger partial charge in [0, 0.05) is 30.6 Å². The Balaban J connectivity index is 1.43. The predicted octanol–water partition coefficient (Wildman–Crippen LogP) is 1.87. The van der Waals surface area contributed by atoms with Crippen molar-refractivity contribution >= 4 is 22.5 Å². The average Bonchev–Trinajstić information content (AvgIpc) is 3.28. The van der Waals surface area contributed by atoms with Gasteiger partial charge < -0.3 is 4.90 Å². The quantitative estimate of drug-likeness (QED) is 0.559. The summed E-state index contributed by atoms with van der Waals surface area (Å²) >= 11 is 0. The van der Waals surface area contributed by atoms with Gasteiger partial charge in [-0.3, -0.25) is 9.59 Å². The minimum Gasteiger partial charge on any atom is -0.341 e. The van der Waals surface area contributed by atoms with E-state index in [1.54, 1.807) is 16.8 Å². The van der Waals surface area contributed by atoms with E-state index < -0.39 is 5.92 Å². The molecular weight excluding hydrogens is 382 g/mol. The van der Waals surface area contributed by atoms with Crippen LogP contribution in [0.25, 0.3) is 16.6 Å². The number of carbonyl (C=O) groups is 1. The largest absolute Gasteiger partial charge is 0.341 e. The van der Waals surface area contributed by atoms with Crippen LogP contribution in [0.3, 0.4) is 0 Å². The van der Waals surface area contributed by atoms with Crippen molar-refractivity contribution in [2.45, 2.75) is 31.6 Å². The van der Waals surface area contributed by atoms with Crippen LogP contribution in [-0.2, 0) is 4.79 Å². The number of nitrogens with one attached hydrogen (secondary N) is 1. The number of rotatable bonds is 3. The van der Waals surface area contributed by atoms with Crippen molar-refractivity contribution in [1.29, 1.82) is 0 Å². The van der Waals surface area contributed by atoms with E-state index in [-0.39, 0.29) is 17.4 Å². The normalized spacial score (nSPS) is 18.0. The molecule has 152 valence electrons. The molecule has 2 atom stereocenters. The van der Waals surface area contributed by atoms with Crippen LogP contribution in [-0.4, -0.2) is 53.7 Å². The predicted molar refractivity (Wildman–Crippen MR) is 110 cm³/mol. The molecule has 30 heavy (non-hydrogen) atoms. The molecule has 0 spiro atoms. The molecule has 0 bridgehead atoms. The Labute approximate surface area is 171 Å². The van der Waals surface area contributed by atoms with Crippen LogP contribution in [0.5, 0.6) is 0 Å². The molecule has 3 aromatic heterocycles. The standard InChI is InChI=1S/C21H21N7O2/c1-13(18-15-6-2-3-7-16(15)19(29)26-25-18)20(30)27-10-4-5-14(11-27)17-8-9-22-21-23-12-24-28(17)21/h2-3,6-9,12-14H,4-5,10-11H2,1H3,(H,26,29)/t13-,14-/m0/s1. The first-order chi connectivity index (χ1) is 14.6. The summed E-state index contributed by atoms with van der Waals surface area (Å²) in [5.74, 6) is 0.262. The summed E-state index contributed by atoms with van der Waals surface area (Å²) in [6.45, 7) is 3.15. The molecular formula is C21H21N7O2. The van der Waals surface area contributed by atoms with E-state index in [0.29, 0.717) is 35.3 Å². The maximum Gasteiger partial charge on any atom is 0.272 e. The number of H-pyrrole nitrogens is 1. The fraction of sp³-hybridized carbons (Fsp3) is 0.333. The first kappa shape index (κ1) is 18.4. The van der Waals surface area contributed by atoms with Crippen molar-refractivity contribution in [2.24, 2.45) is 0 Å². The number of hydrogen-bond donors (Lipinski definition) is 1. The number of fused-ring (bicyclic) bond motifs is 2. The van der Waals surface area contributed by atoms with Crippen LogP contribution in [0.1, 0.15) is 43.0 Å². The Bertz CT molecular complexity index is 1300. The SMILES string of the molecule is C[C@H](C(=O)N1CCC[C@H](c2ccnc3ncnn23)C1)c1n[nH]c(=O)c2ccccc12. The molecule has 1 aromatic carbocycles. The molecule has 0 radical (unpaired) electrons. The number of amides is 1. The summed E-state index contributed by atoms with van der Waals surface area (Å²) in [6.07, 6.45) is 5.10. The molecule has 5 rings (SSSR count).